The first-order chi connectivity index (χ1) is 10.6. The van der Waals surface area contributed by atoms with Crippen molar-refractivity contribution in [1.82, 2.24) is 9.97 Å². The van der Waals surface area contributed by atoms with Gasteiger partial charge in [-0.3, -0.25) is 14.8 Å². The maximum Gasteiger partial charge on any atom is 0.337 e. The average Bonchev–Trinajstić information content (AvgIpc) is 3.31. The highest BCUT2D eigenvalue weighted by atomic mass is 16.4. The minimum atomic E-state index is -0.663. The highest BCUT2D eigenvalue weighted by Gasteiger charge is 2.52. The lowest BCUT2D eigenvalue weighted by atomic mass is 9.92. The zero-order valence-corrected chi connectivity index (χ0v) is 12.2. The summed E-state index contributed by atoms with van der Waals surface area (Å²) in [5.41, 5.74) is -0.512. The normalized spacial score (nSPS) is 19.5. The molecular formula is C16H18N2O4. The summed E-state index contributed by atoms with van der Waals surface area (Å²) in [7, 11) is 0. The molecule has 0 spiro atoms. The van der Waals surface area contributed by atoms with Crippen LogP contribution in [0.25, 0.3) is 11.1 Å². The van der Waals surface area contributed by atoms with Gasteiger partial charge in [-0.05, 0) is 61.8 Å². The lowest BCUT2D eigenvalue weighted by Gasteiger charge is -2.13. The molecule has 2 aromatic rings. The quantitative estimate of drug-likeness (QED) is 0.878. The van der Waals surface area contributed by atoms with E-state index in [1.165, 1.54) is 31.7 Å². The standard InChI is InChI=1S/C16H18N2O4/c19-11-8-9(2-1-5-16(6-7-16)10-3-4-10)12-13(20)17-15(21)18-14(12)22-11/h8,10H,1-7H2,(H2,17,18,20,21). The van der Waals surface area contributed by atoms with Crippen molar-refractivity contribution in [3.63, 3.8) is 0 Å². The first-order valence-corrected chi connectivity index (χ1v) is 7.87. The Hall–Kier alpha value is -2.11. The maximum absolute atomic E-state index is 12.0. The van der Waals surface area contributed by atoms with Crippen LogP contribution in [0.3, 0.4) is 0 Å². The van der Waals surface area contributed by atoms with Crippen LogP contribution in [0.2, 0.25) is 0 Å². The van der Waals surface area contributed by atoms with Crippen LogP contribution in [0.5, 0.6) is 0 Å². The van der Waals surface area contributed by atoms with Crippen LogP contribution in [0.1, 0.15) is 44.1 Å². The minimum absolute atomic E-state index is 0.0282. The molecule has 22 heavy (non-hydrogen) atoms. The van der Waals surface area contributed by atoms with Crippen molar-refractivity contribution in [2.24, 2.45) is 11.3 Å². The van der Waals surface area contributed by atoms with Gasteiger partial charge in [-0.25, -0.2) is 9.59 Å². The largest absolute Gasteiger partial charge is 0.405 e. The second kappa shape index (κ2) is 4.69. The highest BCUT2D eigenvalue weighted by molar-refractivity contribution is 5.75. The first kappa shape index (κ1) is 13.5. The number of H-pyrrole nitrogens is 2. The Morgan fingerprint density at radius 1 is 1.18 bits per heavy atom. The molecule has 0 amide bonds. The topological polar surface area (TPSA) is 95.9 Å². The van der Waals surface area contributed by atoms with Gasteiger partial charge < -0.3 is 4.42 Å². The molecule has 2 N–H and O–H groups in total. The number of aryl methyl sites for hydroxylation is 1. The Bertz CT molecular complexity index is 891. The molecule has 2 saturated carbocycles. The zero-order valence-electron chi connectivity index (χ0n) is 12.2. The van der Waals surface area contributed by atoms with E-state index < -0.39 is 16.9 Å². The van der Waals surface area contributed by atoms with Crippen molar-refractivity contribution in [2.75, 3.05) is 0 Å². The van der Waals surface area contributed by atoms with Crippen molar-refractivity contribution >= 4 is 11.1 Å². The average molecular weight is 302 g/mol. The Labute approximate surface area is 125 Å². The number of hydrogen-bond donors (Lipinski definition) is 2. The van der Waals surface area contributed by atoms with Crippen molar-refractivity contribution in [1.29, 1.82) is 0 Å². The van der Waals surface area contributed by atoms with Gasteiger partial charge in [0.25, 0.3) is 5.56 Å². The number of nitrogens with one attached hydrogen (secondary N) is 2. The van der Waals surface area contributed by atoms with E-state index in [2.05, 4.69) is 9.97 Å². The number of aromatic nitrogens is 2. The third-order valence-corrected chi connectivity index (χ3v) is 5.18. The van der Waals surface area contributed by atoms with E-state index in [1.54, 1.807) is 0 Å². The van der Waals surface area contributed by atoms with Crippen LogP contribution >= 0.6 is 0 Å². The van der Waals surface area contributed by atoms with Gasteiger partial charge in [0.2, 0.25) is 5.71 Å². The summed E-state index contributed by atoms with van der Waals surface area (Å²) in [4.78, 5) is 39.5. The van der Waals surface area contributed by atoms with Gasteiger partial charge in [0.1, 0.15) is 5.39 Å². The van der Waals surface area contributed by atoms with E-state index in [1.807, 2.05) is 0 Å². The molecular weight excluding hydrogens is 284 g/mol. The van der Waals surface area contributed by atoms with E-state index in [0.29, 0.717) is 17.4 Å². The second-order valence-electron chi connectivity index (χ2n) is 6.69. The third-order valence-electron chi connectivity index (χ3n) is 5.18. The number of fused-ring (bicyclic) bond motifs is 1. The van der Waals surface area contributed by atoms with Crippen LogP contribution in [0.15, 0.2) is 24.9 Å². The van der Waals surface area contributed by atoms with Crippen LogP contribution in [0, 0.1) is 11.3 Å². The highest BCUT2D eigenvalue weighted by Crippen LogP contribution is 2.63. The Kier molecular flexibility index (Phi) is 2.89. The SMILES string of the molecule is O=c1[nH]c(=O)c2c(CCCC3(C4CC4)CC3)cc(=O)oc2[nH]1. The number of rotatable bonds is 5. The molecule has 0 atom stereocenters. The van der Waals surface area contributed by atoms with Gasteiger partial charge in [-0.2, -0.15) is 0 Å². The van der Waals surface area contributed by atoms with Gasteiger partial charge in [-0.15, -0.1) is 0 Å². The number of hydrogen-bond acceptors (Lipinski definition) is 4. The molecule has 2 aliphatic carbocycles. The molecule has 2 heterocycles. The Balaban J connectivity index is 1.62. The first-order valence-electron chi connectivity index (χ1n) is 7.87. The van der Waals surface area contributed by atoms with Crippen LogP contribution in [-0.4, -0.2) is 9.97 Å². The van der Waals surface area contributed by atoms with Gasteiger partial charge >= 0.3 is 11.3 Å². The third kappa shape index (κ3) is 2.32. The predicted octanol–water partition coefficient (Wildman–Crippen LogP) is 1.68. The van der Waals surface area contributed by atoms with Crippen LogP contribution in [0.4, 0.5) is 0 Å². The van der Waals surface area contributed by atoms with Crippen LogP contribution < -0.4 is 16.9 Å². The molecule has 6 nitrogen and oxygen atoms in total. The molecule has 0 saturated heterocycles. The molecule has 0 bridgehead atoms. The van der Waals surface area contributed by atoms with Gasteiger partial charge in [-0.1, -0.05) is 0 Å². The fraction of sp³-hybridized carbons (Fsp3) is 0.562. The van der Waals surface area contributed by atoms with E-state index in [-0.39, 0.29) is 11.1 Å². The van der Waals surface area contributed by atoms with Crippen molar-refractivity contribution in [3.8, 4) is 0 Å². The summed E-state index contributed by atoms with van der Waals surface area (Å²) in [6.07, 6.45) is 8.13. The molecule has 2 fully saturated rings. The summed E-state index contributed by atoms with van der Waals surface area (Å²) in [5, 5.41) is 0.287. The molecule has 4 rings (SSSR count). The van der Waals surface area contributed by atoms with Crippen molar-refractivity contribution in [2.45, 2.75) is 44.9 Å². The van der Waals surface area contributed by atoms with Gasteiger partial charge in [0.15, 0.2) is 0 Å². The van der Waals surface area contributed by atoms with Crippen molar-refractivity contribution < 1.29 is 4.42 Å². The van der Waals surface area contributed by atoms with Crippen molar-refractivity contribution in [3.05, 3.63) is 42.9 Å². The maximum atomic E-state index is 12.0. The summed E-state index contributed by atoms with van der Waals surface area (Å²) >= 11 is 0. The molecule has 0 aromatic carbocycles. The monoisotopic (exact) mass is 302 g/mol. The van der Waals surface area contributed by atoms with E-state index in [0.717, 1.165) is 18.8 Å². The lowest BCUT2D eigenvalue weighted by molar-refractivity contribution is 0.392. The molecule has 116 valence electrons. The number of aromatic amines is 2. The lowest BCUT2D eigenvalue weighted by Crippen LogP contribution is -2.24. The fourth-order valence-electron chi connectivity index (χ4n) is 3.72. The summed E-state index contributed by atoms with van der Waals surface area (Å²) in [5.74, 6) is 0.907. The molecule has 2 aromatic heterocycles. The molecule has 6 heteroatoms. The van der Waals surface area contributed by atoms with Gasteiger partial charge in [0.05, 0.1) is 0 Å². The van der Waals surface area contributed by atoms with E-state index in [4.69, 9.17) is 4.42 Å². The van der Waals surface area contributed by atoms with Crippen LogP contribution in [-0.2, 0) is 6.42 Å². The predicted molar refractivity (Wildman–Crippen MR) is 81.1 cm³/mol. The van der Waals surface area contributed by atoms with E-state index >= 15 is 0 Å². The Morgan fingerprint density at radius 2 is 1.95 bits per heavy atom. The molecule has 0 aliphatic heterocycles. The summed E-state index contributed by atoms with van der Waals surface area (Å²) in [6, 6.07) is 1.37. The molecule has 0 radical (unpaired) electrons. The zero-order chi connectivity index (χ0) is 15.3. The smallest absolute Gasteiger partial charge is 0.337 e. The Morgan fingerprint density at radius 3 is 2.64 bits per heavy atom. The summed E-state index contributed by atoms with van der Waals surface area (Å²) < 4.78 is 4.94. The van der Waals surface area contributed by atoms with Gasteiger partial charge in [0, 0.05) is 6.07 Å². The minimum Gasteiger partial charge on any atom is -0.405 e. The summed E-state index contributed by atoms with van der Waals surface area (Å²) in [6.45, 7) is 0. The molecule has 2 aliphatic rings. The molecule has 0 unspecified atom stereocenters. The second-order valence-corrected chi connectivity index (χ2v) is 6.69. The van der Waals surface area contributed by atoms with E-state index in [9.17, 15) is 14.4 Å². The fourth-order valence-corrected chi connectivity index (χ4v) is 3.72.